The van der Waals surface area contributed by atoms with Gasteiger partial charge in [-0.3, -0.25) is 4.79 Å². The Morgan fingerprint density at radius 3 is 2.71 bits per heavy atom. The molecule has 17 heavy (non-hydrogen) atoms. The highest BCUT2D eigenvalue weighted by molar-refractivity contribution is 5.73. The molecule has 0 bridgehead atoms. The lowest BCUT2D eigenvalue weighted by Crippen LogP contribution is -2.55. The summed E-state index contributed by atoms with van der Waals surface area (Å²) >= 11 is 0. The lowest BCUT2D eigenvalue weighted by atomic mass is 9.88. The third kappa shape index (κ3) is 3.18. The summed E-state index contributed by atoms with van der Waals surface area (Å²) in [5.74, 6) is -0.294. The number of methoxy groups -OCH3 is 1. The molecule has 0 aromatic heterocycles. The average molecular weight is 248 g/mol. The van der Waals surface area contributed by atoms with Crippen molar-refractivity contribution < 1.29 is 25.5 Å². The van der Waals surface area contributed by atoms with Crippen LogP contribution >= 0.6 is 0 Å². The molecule has 1 N–H and O–H groups in total. The third-order valence-corrected chi connectivity index (χ3v) is 2.94. The first-order chi connectivity index (χ1) is 7.96. The molecule has 2 rings (SSSR count). The normalized spacial score (nSPS) is 40.1. The van der Waals surface area contributed by atoms with Crippen LogP contribution in [0.3, 0.4) is 0 Å². The number of rotatable bonds is 1. The van der Waals surface area contributed by atoms with Crippen molar-refractivity contribution in [2.45, 2.75) is 64.1 Å². The van der Waals surface area contributed by atoms with Crippen molar-refractivity contribution >= 4 is 5.97 Å². The SMILES string of the molecule is CCC.CO[C@]1(C)CC(O)O[C@H]2CC(=O)O[C@@H]21.[HH]. The first-order valence-electron chi connectivity index (χ1n) is 6.05. The van der Waals surface area contributed by atoms with E-state index in [4.69, 9.17) is 14.2 Å². The largest absolute Gasteiger partial charge is 0.456 e. The van der Waals surface area contributed by atoms with Crippen molar-refractivity contribution in [3.05, 3.63) is 0 Å². The summed E-state index contributed by atoms with van der Waals surface area (Å²) in [6.07, 6.45) is 0.105. The molecule has 2 heterocycles. The standard InChI is InChI=1S/C9H14O5.C3H8.H2/c1-9(12-2)4-7(11)13-5-3-6(10)14-8(5)9;1-3-2;/h5,7-8,11H,3-4H2,1-2H3;3H2,1-2H3;1H/t5-,7?,8-,9+;;/m0../s1. The van der Waals surface area contributed by atoms with Crippen LogP contribution in [0, 0.1) is 0 Å². The molecule has 2 saturated heterocycles. The minimum absolute atomic E-state index is 0. The Balaban J connectivity index is 0.000000660. The molecule has 0 aliphatic carbocycles. The van der Waals surface area contributed by atoms with Gasteiger partial charge in [0.05, 0.1) is 6.42 Å². The minimum atomic E-state index is -0.879. The van der Waals surface area contributed by atoms with Crippen LogP contribution in [0.4, 0.5) is 0 Å². The highest BCUT2D eigenvalue weighted by Crippen LogP contribution is 2.38. The van der Waals surface area contributed by atoms with Crippen molar-refractivity contribution in [2.24, 2.45) is 0 Å². The Bertz CT molecular complexity index is 273. The van der Waals surface area contributed by atoms with Crippen molar-refractivity contribution in [1.29, 1.82) is 0 Å². The fourth-order valence-corrected chi connectivity index (χ4v) is 2.09. The van der Waals surface area contributed by atoms with Crippen LogP contribution in [-0.2, 0) is 19.0 Å². The van der Waals surface area contributed by atoms with Crippen LogP contribution in [-0.4, -0.2) is 42.3 Å². The summed E-state index contributed by atoms with van der Waals surface area (Å²) in [5.41, 5.74) is -0.644. The third-order valence-electron chi connectivity index (χ3n) is 2.94. The quantitative estimate of drug-likeness (QED) is 0.712. The van der Waals surface area contributed by atoms with Gasteiger partial charge in [-0.2, -0.15) is 0 Å². The Hall–Kier alpha value is -0.650. The average Bonchev–Trinajstić information content (AvgIpc) is 2.60. The molecule has 5 heteroatoms. The molecular weight excluding hydrogens is 224 g/mol. The number of esters is 1. The molecule has 102 valence electrons. The molecule has 0 saturated carbocycles. The van der Waals surface area contributed by atoms with Crippen LogP contribution in [0.2, 0.25) is 0 Å². The van der Waals surface area contributed by atoms with Crippen LogP contribution in [0.1, 0.15) is 41.5 Å². The van der Waals surface area contributed by atoms with Crippen molar-refractivity contribution in [3.63, 3.8) is 0 Å². The predicted molar refractivity (Wildman–Crippen MR) is 63.5 cm³/mol. The molecular formula is C12H24O5. The van der Waals surface area contributed by atoms with Gasteiger partial charge >= 0.3 is 5.97 Å². The zero-order valence-electron chi connectivity index (χ0n) is 10.9. The van der Waals surface area contributed by atoms with E-state index in [1.165, 1.54) is 6.42 Å². The maximum absolute atomic E-state index is 11.1. The fourth-order valence-electron chi connectivity index (χ4n) is 2.09. The number of carbonyl (C=O) groups is 1. The molecule has 2 aliphatic heterocycles. The highest BCUT2D eigenvalue weighted by atomic mass is 16.7. The first-order valence-corrected chi connectivity index (χ1v) is 6.05. The van der Waals surface area contributed by atoms with Crippen molar-refractivity contribution in [2.75, 3.05) is 7.11 Å². The van der Waals surface area contributed by atoms with Crippen molar-refractivity contribution in [1.82, 2.24) is 0 Å². The molecule has 2 aliphatic rings. The van der Waals surface area contributed by atoms with Gasteiger partial charge in [0, 0.05) is 15.0 Å². The van der Waals surface area contributed by atoms with Gasteiger partial charge in [0.1, 0.15) is 11.7 Å². The van der Waals surface area contributed by atoms with Gasteiger partial charge in [-0.15, -0.1) is 0 Å². The van der Waals surface area contributed by atoms with Gasteiger partial charge in [-0.25, -0.2) is 0 Å². The molecule has 0 aromatic carbocycles. The van der Waals surface area contributed by atoms with Crippen LogP contribution in [0.5, 0.6) is 0 Å². The maximum Gasteiger partial charge on any atom is 0.309 e. The second-order valence-electron chi connectivity index (χ2n) is 4.67. The Morgan fingerprint density at radius 2 is 2.18 bits per heavy atom. The van der Waals surface area contributed by atoms with Gasteiger partial charge in [0.25, 0.3) is 0 Å². The van der Waals surface area contributed by atoms with E-state index < -0.39 is 18.0 Å². The summed E-state index contributed by atoms with van der Waals surface area (Å²) in [5, 5.41) is 9.44. The summed E-state index contributed by atoms with van der Waals surface area (Å²) in [4.78, 5) is 11.1. The van der Waals surface area contributed by atoms with E-state index >= 15 is 0 Å². The zero-order chi connectivity index (χ0) is 13.1. The van der Waals surface area contributed by atoms with Gasteiger partial charge in [0.2, 0.25) is 0 Å². The number of hydrogen-bond acceptors (Lipinski definition) is 5. The molecule has 0 spiro atoms. The van der Waals surface area contributed by atoms with Crippen LogP contribution in [0.25, 0.3) is 0 Å². The highest BCUT2D eigenvalue weighted by Gasteiger charge is 2.53. The maximum atomic E-state index is 11.1. The number of fused-ring (bicyclic) bond motifs is 1. The number of hydrogen-bond donors (Lipinski definition) is 1. The molecule has 1 unspecified atom stereocenters. The van der Waals surface area contributed by atoms with Gasteiger partial charge in [0.15, 0.2) is 12.4 Å². The predicted octanol–water partition coefficient (Wildman–Crippen LogP) is 1.48. The number of aliphatic hydroxyl groups excluding tert-OH is 1. The Morgan fingerprint density at radius 1 is 1.59 bits per heavy atom. The van der Waals surface area contributed by atoms with Gasteiger partial charge in [-0.05, 0) is 6.92 Å². The lowest BCUT2D eigenvalue weighted by Gasteiger charge is -2.41. The first kappa shape index (κ1) is 14.4. The van der Waals surface area contributed by atoms with Crippen LogP contribution in [0.15, 0.2) is 0 Å². The summed E-state index contributed by atoms with van der Waals surface area (Å²) in [6.45, 7) is 6.06. The van der Waals surface area contributed by atoms with E-state index in [1.807, 2.05) is 6.92 Å². The summed E-state index contributed by atoms with van der Waals surface area (Å²) in [7, 11) is 1.54. The topological polar surface area (TPSA) is 65.0 Å². The Labute approximate surface area is 104 Å². The molecule has 0 amide bonds. The van der Waals surface area contributed by atoms with E-state index in [2.05, 4.69) is 13.8 Å². The van der Waals surface area contributed by atoms with E-state index in [0.29, 0.717) is 6.42 Å². The molecule has 4 atom stereocenters. The summed E-state index contributed by atoms with van der Waals surface area (Å²) < 4.78 is 15.6. The van der Waals surface area contributed by atoms with E-state index in [0.717, 1.165) is 0 Å². The molecule has 0 radical (unpaired) electrons. The second kappa shape index (κ2) is 5.80. The molecule has 2 fully saturated rings. The fraction of sp³-hybridized carbons (Fsp3) is 0.917. The van der Waals surface area contributed by atoms with E-state index in [1.54, 1.807) is 7.11 Å². The number of aliphatic hydroxyl groups is 1. The second-order valence-corrected chi connectivity index (χ2v) is 4.67. The van der Waals surface area contributed by atoms with Gasteiger partial charge < -0.3 is 19.3 Å². The van der Waals surface area contributed by atoms with Crippen molar-refractivity contribution in [3.8, 4) is 0 Å². The summed E-state index contributed by atoms with van der Waals surface area (Å²) in [6, 6.07) is 0. The monoisotopic (exact) mass is 248 g/mol. The smallest absolute Gasteiger partial charge is 0.309 e. The minimum Gasteiger partial charge on any atom is -0.456 e. The Kier molecular flexibility index (Phi) is 4.91. The van der Waals surface area contributed by atoms with Crippen LogP contribution < -0.4 is 0 Å². The zero-order valence-corrected chi connectivity index (χ0v) is 10.9. The van der Waals surface area contributed by atoms with Gasteiger partial charge in [-0.1, -0.05) is 20.3 Å². The molecule has 0 aromatic rings. The molecule has 5 nitrogen and oxygen atoms in total. The lowest BCUT2D eigenvalue weighted by molar-refractivity contribution is -0.254. The van der Waals surface area contributed by atoms with E-state index in [-0.39, 0.29) is 19.9 Å². The number of ether oxygens (including phenoxy) is 3. The number of carbonyl (C=O) groups excluding carboxylic acids is 1. The van der Waals surface area contributed by atoms with E-state index in [9.17, 15) is 9.90 Å².